The lowest BCUT2D eigenvalue weighted by Gasteiger charge is -2.32. The summed E-state index contributed by atoms with van der Waals surface area (Å²) in [7, 11) is 2.05. The average Bonchev–Trinajstić information content (AvgIpc) is 3.38. The number of anilines is 3. The zero-order chi connectivity index (χ0) is 28.3. The van der Waals surface area contributed by atoms with E-state index in [0.717, 1.165) is 54.6 Å². The van der Waals surface area contributed by atoms with Gasteiger partial charge in [0, 0.05) is 79.9 Å². The number of aromatic nitrogens is 3. The largest absolute Gasteiger partial charge is 0.378 e. The summed E-state index contributed by atoms with van der Waals surface area (Å²) >= 11 is 0. The van der Waals surface area contributed by atoms with Crippen molar-refractivity contribution < 1.29 is 14.3 Å². The normalized spacial score (nSPS) is 16.1. The van der Waals surface area contributed by atoms with E-state index in [0.29, 0.717) is 43.2 Å². The maximum absolute atomic E-state index is 12.9. The zero-order valence-electron chi connectivity index (χ0n) is 23.3. The number of fused-ring (bicyclic) bond motifs is 1. The van der Waals surface area contributed by atoms with E-state index in [9.17, 15) is 9.59 Å². The number of nitrogens with zero attached hydrogens (tertiary/aromatic N) is 6. The van der Waals surface area contributed by atoms with Crippen LogP contribution in [0.15, 0.2) is 60.9 Å². The second kappa shape index (κ2) is 11.6. The Morgan fingerprint density at radius 3 is 2.39 bits per heavy atom. The van der Waals surface area contributed by atoms with Gasteiger partial charge in [0.1, 0.15) is 0 Å². The van der Waals surface area contributed by atoms with Crippen molar-refractivity contribution in [1.29, 1.82) is 0 Å². The molecule has 41 heavy (non-hydrogen) atoms. The second-order valence-electron chi connectivity index (χ2n) is 10.5. The highest BCUT2D eigenvalue weighted by atomic mass is 16.5. The minimum absolute atomic E-state index is 0.0211. The van der Waals surface area contributed by atoms with Gasteiger partial charge >= 0.3 is 6.03 Å². The number of morpholine rings is 1. The molecular weight excluding hydrogens is 520 g/mol. The van der Waals surface area contributed by atoms with Gasteiger partial charge in [0.15, 0.2) is 11.5 Å². The summed E-state index contributed by atoms with van der Waals surface area (Å²) < 4.78 is 7.59. The molecule has 0 unspecified atom stereocenters. The number of aryl methyl sites for hydroxylation is 1. The molecule has 3 amide bonds. The van der Waals surface area contributed by atoms with Crippen molar-refractivity contribution >= 4 is 34.8 Å². The lowest BCUT2D eigenvalue weighted by atomic mass is 10.1. The van der Waals surface area contributed by atoms with Crippen LogP contribution in [0, 0.1) is 6.92 Å². The van der Waals surface area contributed by atoms with E-state index in [1.807, 2.05) is 48.5 Å². The van der Waals surface area contributed by atoms with Gasteiger partial charge in [0.25, 0.3) is 5.91 Å². The summed E-state index contributed by atoms with van der Waals surface area (Å²) in [4.78, 5) is 41.5. The Hall–Kier alpha value is -4.48. The van der Waals surface area contributed by atoms with Crippen LogP contribution in [0.2, 0.25) is 0 Å². The molecule has 2 fully saturated rings. The summed E-state index contributed by atoms with van der Waals surface area (Å²) in [5.74, 6) is 0.820. The monoisotopic (exact) mass is 554 g/mol. The quantitative estimate of drug-likeness (QED) is 0.388. The van der Waals surface area contributed by atoms with Gasteiger partial charge < -0.3 is 30.1 Å². The van der Waals surface area contributed by atoms with Gasteiger partial charge in [-0.05, 0) is 44.3 Å². The summed E-state index contributed by atoms with van der Waals surface area (Å²) in [5.41, 5.74) is 5.37. The Balaban J connectivity index is 1.13. The SMILES string of the molecule is Cc1cnc2c(N3CCOCC3)nc(-c3ccc(NC(=O)Nc4cccc(C(=O)N5CCN(C)CC5)c4)cc3)cn12. The van der Waals surface area contributed by atoms with E-state index < -0.39 is 0 Å². The molecule has 2 aliphatic heterocycles. The van der Waals surface area contributed by atoms with Gasteiger partial charge in [-0.1, -0.05) is 18.2 Å². The van der Waals surface area contributed by atoms with Crippen LogP contribution < -0.4 is 15.5 Å². The van der Waals surface area contributed by atoms with Gasteiger partial charge in [-0.3, -0.25) is 9.20 Å². The topological polar surface area (TPSA) is 107 Å². The highest BCUT2D eigenvalue weighted by Gasteiger charge is 2.21. The number of benzene rings is 2. The summed E-state index contributed by atoms with van der Waals surface area (Å²) in [6.07, 6.45) is 3.85. The highest BCUT2D eigenvalue weighted by molar-refractivity contribution is 6.01. The number of carbonyl (C=O) groups is 2. The molecule has 0 saturated carbocycles. The fourth-order valence-corrected chi connectivity index (χ4v) is 5.16. The van der Waals surface area contributed by atoms with Crippen molar-refractivity contribution in [2.24, 2.45) is 0 Å². The summed E-state index contributed by atoms with van der Waals surface area (Å²) in [6.45, 7) is 7.99. The molecular formula is C30H34N8O3. The van der Waals surface area contributed by atoms with Gasteiger partial charge in [0.2, 0.25) is 0 Å². The minimum atomic E-state index is -0.384. The Kier molecular flexibility index (Phi) is 7.53. The third-order valence-electron chi connectivity index (χ3n) is 7.57. The molecule has 2 N–H and O–H groups in total. The van der Waals surface area contributed by atoms with E-state index in [4.69, 9.17) is 9.72 Å². The van der Waals surface area contributed by atoms with Gasteiger partial charge in [-0.25, -0.2) is 14.8 Å². The van der Waals surface area contributed by atoms with Crippen molar-refractivity contribution in [3.63, 3.8) is 0 Å². The van der Waals surface area contributed by atoms with Crippen molar-refractivity contribution in [3.8, 4) is 11.3 Å². The Morgan fingerprint density at radius 1 is 0.902 bits per heavy atom. The van der Waals surface area contributed by atoms with Crippen molar-refractivity contribution in [2.75, 3.05) is 75.1 Å². The van der Waals surface area contributed by atoms with Gasteiger partial charge in [0.05, 0.1) is 18.9 Å². The molecule has 212 valence electrons. The highest BCUT2D eigenvalue weighted by Crippen LogP contribution is 2.27. The van der Waals surface area contributed by atoms with Crippen molar-refractivity contribution in [1.82, 2.24) is 24.2 Å². The molecule has 0 aliphatic carbocycles. The first-order valence-electron chi connectivity index (χ1n) is 13.9. The molecule has 0 bridgehead atoms. The van der Waals surface area contributed by atoms with Gasteiger partial charge in [-0.2, -0.15) is 0 Å². The molecule has 2 aromatic heterocycles. The standard InChI is InChI=1S/C30H34N8O3/c1-21-19-31-27-28(36-14-16-41-17-15-36)34-26(20-38(21)27)22-6-8-24(9-7-22)32-30(40)33-25-5-3-4-23(18-25)29(39)37-12-10-35(2)11-13-37/h3-9,18-20H,10-17H2,1-2H3,(H2,32,33,40). The number of hydrogen-bond acceptors (Lipinski definition) is 7. The second-order valence-corrected chi connectivity index (χ2v) is 10.5. The molecule has 0 spiro atoms. The molecule has 6 rings (SSSR count). The van der Waals surface area contributed by atoms with E-state index in [-0.39, 0.29) is 11.9 Å². The van der Waals surface area contributed by atoms with Crippen molar-refractivity contribution in [2.45, 2.75) is 6.92 Å². The number of piperazine rings is 1. The molecule has 0 radical (unpaired) electrons. The Bertz CT molecular complexity index is 1550. The third-order valence-corrected chi connectivity index (χ3v) is 7.57. The van der Waals surface area contributed by atoms with E-state index in [1.54, 1.807) is 24.3 Å². The zero-order valence-corrected chi connectivity index (χ0v) is 23.3. The Labute approximate surface area is 238 Å². The maximum Gasteiger partial charge on any atom is 0.323 e. The van der Waals surface area contributed by atoms with Crippen LogP contribution in [-0.2, 0) is 4.74 Å². The predicted octanol–water partition coefficient (Wildman–Crippen LogP) is 3.57. The minimum Gasteiger partial charge on any atom is -0.378 e. The third kappa shape index (κ3) is 5.86. The molecule has 4 aromatic rings. The first-order chi connectivity index (χ1) is 19.9. The summed E-state index contributed by atoms with van der Waals surface area (Å²) in [5, 5.41) is 5.72. The molecule has 0 atom stereocenters. The fraction of sp³-hybridized carbons (Fsp3) is 0.333. The molecule has 2 aromatic carbocycles. The van der Waals surface area contributed by atoms with Crippen molar-refractivity contribution in [3.05, 3.63) is 72.2 Å². The van der Waals surface area contributed by atoms with Crippen LogP contribution in [-0.4, -0.2) is 95.6 Å². The Morgan fingerprint density at radius 2 is 1.63 bits per heavy atom. The molecule has 4 heterocycles. The first-order valence-corrected chi connectivity index (χ1v) is 13.9. The van der Waals surface area contributed by atoms with E-state index in [1.165, 1.54) is 0 Å². The fourth-order valence-electron chi connectivity index (χ4n) is 5.16. The molecule has 11 heteroatoms. The van der Waals surface area contributed by atoms with Crippen LogP contribution in [0.4, 0.5) is 22.0 Å². The van der Waals surface area contributed by atoms with Crippen LogP contribution in [0.5, 0.6) is 0 Å². The number of likely N-dealkylation sites (N-methyl/N-ethyl adjacent to an activating group) is 1. The predicted molar refractivity (Wildman–Crippen MR) is 159 cm³/mol. The lowest BCUT2D eigenvalue weighted by Crippen LogP contribution is -2.47. The number of ether oxygens (including phenoxy) is 1. The summed E-state index contributed by atoms with van der Waals surface area (Å²) in [6, 6.07) is 14.2. The van der Waals surface area contributed by atoms with Crippen LogP contribution in [0.25, 0.3) is 16.9 Å². The average molecular weight is 555 g/mol. The van der Waals surface area contributed by atoms with Crippen LogP contribution in [0.1, 0.15) is 16.1 Å². The van der Waals surface area contributed by atoms with Crippen LogP contribution >= 0.6 is 0 Å². The number of imidazole rings is 1. The smallest absolute Gasteiger partial charge is 0.323 e. The van der Waals surface area contributed by atoms with E-state index in [2.05, 4.69) is 36.9 Å². The molecule has 2 aliphatic rings. The number of urea groups is 1. The first kappa shape index (κ1) is 26.7. The molecule has 2 saturated heterocycles. The van der Waals surface area contributed by atoms with Gasteiger partial charge in [-0.15, -0.1) is 0 Å². The molecule has 11 nitrogen and oxygen atoms in total. The van der Waals surface area contributed by atoms with Crippen LogP contribution in [0.3, 0.4) is 0 Å². The number of carbonyl (C=O) groups excluding carboxylic acids is 2. The number of hydrogen-bond donors (Lipinski definition) is 2. The maximum atomic E-state index is 12.9. The number of nitrogens with one attached hydrogen (secondary N) is 2. The number of rotatable bonds is 5. The lowest BCUT2D eigenvalue weighted by molar-refractivity contribution is 0.0664. The van der Waals surface area contributed by atoms with E-state index >= 15 is 0 Å². The number of amides is 3.